The van der Waals surface area contributed by atoms with Gasteiger partial charge in [0, 0.05) is 25.8 Å². The minimum atomic E-state index is -4.61. The van der Waals surface area contributed by atoms with E-state index in [-0.39, 0.29) is 32.0 Å². The molecular weight excluding hydrogens is 285 g/mol. The fourth-order valence-corrected chi connectivity index (χ4v) is 0. The van der Waals surface area contributed by atoms with E-state index in [9.17, 15) is 0 Å². The summed E-state index contributed by atoms with van der Waals surface area (Å²) in [5.41, 5.74) is 0. The van der Waals surface area contributed by atoms with Crippen molar-refractivity contribution in [2.24, 2.45) is 0 Å². The summed E-state index contributed by atoms with van der Waals surface area (Å²) in [6.45, 7) is 0. The standard InChI is InChI=1S/Hf.H3N.H4O4Si/c;;1-5(2,3)4/h;1H3;1-4H. The molecule has 0 unspecified atom stereocenters. The zero-order chi connectivity index (χ0) is 4.50. The van der Waals surface area contributed by atoms with Gasteiger partial charge in [-0.2, -0.15) is 0 Å². The molecule has 0 bridgehead atoms. The largest absolute Gasteiger partial charge is 0.668 e. The van der Waals surface area contributed by atoms with Crippen LogP contribution in [0.2, 0.25) is 0 Å². The maximum absolute atomic E-state index is 7.33. The molecule has 0 rings (SSSR count). The molecule has 0 aliphatic rings. The number of rotatable bonds is 0. The molecular formula is H7HfNO4Si. The Morgan fingerprint density at radius 1 is 0.857 bits per heavy atom. The van der Waals surface area contributed by atoms with Crippen LogP contribution in [0, 0.1) is 0 Å². The first-order valence-corrected chi connectivity index (χ1v) is 2.68. The van der Waals surface area contributed by atoms with Gasteiger partial charge in [0.2, 0.25) is 0 Å². The average molecular weight is 292 g/mol. The average Bonchev–Trinajstić information content (AvgIpc) is 0.722. The van der Waals surface area contributed by atoms with Gasteiger partial charge >= 0.3 is 9.05 Å². The Labute approximate surface area is 60.5 Å². The first kappa shape index (κ1) is 15.7. The Morgan fingerprint density at radius 3 is 0.857 bits per heavy atom. The molecule has 0 atom stereocenters. The Balaban J connectivity index is -0.0000000800. The van der Waals surface area contributed by atoms with E-state index in [4.69, 9.17) is 19.2 Å². The fourth-order valence-electron chi connectivity index (χ4n) is 0. The van der Waals surface area contributed by atoms with E-state index in [0.717, 1.165) is 0 Å². The molecule has 7 heteroatoms. The summed E-state index contributed by atoms with van der Waals surface area (Å²) in [5, 5.41) is 0. The molecule has 0 saturated heterocycles. The molecule has 0 aromatic carbocycles. The third-order valence-corrected chi connectivity index (χ3v) is 0. The first-order chi connectivity index (χ1) is 2.00. The van der Waals surface area contributed by atoms with Crippen molar-refractivity contribution in [1.29, 1.82) is 0 Å². The second-order valence-electron chi connectivity index (χ2n) is 0.600. The summed E-state index contributed by atoms with van der Waals surface area (Å²) in [6.07, 6.45) is 0. The summed E-state index contributed by atoms with van der Waals surface area (Å²) in [4.78, 5) is 29.3. The molecule has 44 valence electrons. The summed E-state index contributed by atoms with van der Waals surface area (Å²) in [7, 11) is -4.61. The second-order valence-corrected chi connectivity index (χ2v) is 1.80. The van der Waals surface area contributed by atoms with Crippen molar-refractivity contribution in [2.75, 3.05) is 0 Å². The van der Waals surface area contributed by atoms with E-state index in [1.807, 2.05) is 0 Å². The van der Waals surface area contributed by atoms with E-state index >= 15 is 0 Å². The molecule has 7 heavy (non-hydrogen) atoms. The maximum atomic E-state index is 7.33. The van der Waals surface area contributed by atoms with Crippen LogP contribution in [0.4, 0.5) is 0 Å². The zero-order valence-electron chi connectivity index (χ0n) is 3.50. The van der Waals surface area contributed by atoms with Crippen LogP contribution in [0.5, 0.6) is 0 Å². The summed E-state index contributed by atoms with van der Waals surface area (Å²) >= 11 is 0. The second kappa shape index (κ2) is 5.03. The SMILES string of the molecule is N.O[Si](O)(O)O.[Hf]. The Hall–Kier alpha value is 0.887. The van der Waals surface area contributed by atoms with Crippen molar-refractivity contribution in [3.8, 4) is 0 Å². The zero-order valence-corrected chi connectivity index (χ0v) is 8.09. The third-order valence-electron chi connectivity index (χ3n) is 0. The van der Waals surface area contributed by atoms with Crippen molar-refractivity contribution in [2.45, 2.75) is 0 Å². The van der Waals surface area contributed by atoms with Crippen molar-refractivity contribution in [1.82, 2.24) is 6.15 Å². The van der Waals surface area contributed by atoms with E-state index in [1.165, 1.54) is 0 Å². The minimum Gasteiger partial charge on any atom is -0.368 e. The molecule has 0 aromatic heterocycles. The van der Waals surface area contributed by atoms with Crippen LogP contribution >= 0.6 is 0 Å². The molecule has 5 nitrogen and oxygen atoms in total. The molecule has 0 aliphatic carbocycles. The summed E-state index contributed by atoms with van der Waals surface area (Å²) in [5.74, 6) is 0. The third kappa shape index (κ3) is 209. The molecule has 0 heterocycles. The van der Waals surface area contributed by atoms with Gasteiger partial charge in [-0.3, -0.25) is 0 Å². The van der Waals surface area contributed by atoms with Gasteiger partial charge in [0.05, 0.1) is 0 Å². The van der Waals surface area contributed by atoms with Crippen molar-refractivity contribution < 1.29 is 45.0 Å². The molecule has 7 N–H and O–H groups in total. The van der Waals surface area contributed by atoms with Crippen LogP contribution in [0.3, 0.4) is 0 Å². The maximum Gasteiger partial charge on any atom is 0.668 e. The smallest absolute Gasteiger partial charge is 0.368 e. The predicted molar refractivity (Wildman–Crippen MR) is 19.7 cm³/mol. The Bertz CT molecular complexity index is 27.2. The Morgan fingerprint density at radius 2 is 0.857 bits per heavy atom. The van der Waals surface area contributed by atoms with E-state index < -0.39 is 9.05 Å². The number of hydrogen-bond donors (Lipinski definition) is 5. The number of hydrogen-bond acceptors (Lipinski definition) is 5. The van der Waals surface area contributed by atoms with Gasteiger partial charge in [0.1, 0.15) is 0 Å². The van der Waals surface area contributed by atoms with Gasteiger partial charge in [-0.05, 0) is 0 Å². The fraction of sp³-hybridized carbons (Fsp3) is 0. The molecule has 0 fully saturated rings. The van der Waals surface area contributed by atoms with E-state index in [0.29, 0.717) is 0 Å². The van der Waals surface area contributed by atoms with Crippen LogP contribution in [-0.2, 0) is 25.8 Å². The monoisotopic (exact) mass is 293 g/mol. The molecule has 0 saturated carbocycles. The van der Waals surface area contributed by atoms with Crippen molar-refractivity contribution >= 4 is 9.05 Å². The summed E-state index contributed by atoms with van der Waals surface area (Å²) in [6, 6.07) is 0. The van der Waals surface area contributed by atoms with Crippen LogP contribution in [0.15, 0.2) is 0 Å². The van der Waals surface area contributed by atoms with Crippen LogP contribution in [0.25, 0.3) is 0 Å². The molecule has 0 amide bonds. The normalized spacial score (nSPS) is 8.57. The van der Waals surface area contributed by atoms with Crippen LogP contribution < -0.4 is 6.15 Å². The molecule has 0 spiro atoms. The van der Waals surface area contributed by atoms with Gasteiger partial charge < -0.3 is 25.3 Å². The van der Waals surface area contributed by atoms with Crippen molar-refractivity contribution in [3.05, 3.63) is 0 Å². The quantitative estimate of drug-likeness (QED) is 0.318. The molecule has 0 radical (unpaired) electrons. The Kier molecular flexibility index (Phi) is 11.3. The van der Waals surface area contributed by atoms with Gasteiger partial charge in [-0.25, -0.2) is 0 Å². The minimum absolute atomic E-state index is 0. The molecule has 0 aromatic rings. The predicted octanol–water partition coefficient (Wildman–Crippen LogP) is -2.45. The molecule has 0 aliphatic heterocycles. The van der Waals surface area contributed by atoms with Gasteiger partial charge in [0.15, 0.2) is 0 Å². The van der Waals surface area contributed by atoms with Crippen LogP contribution in [-0.4, -0.2) is 28.2 Å². The summed E-state index contributed by atoms with van der Waals surface area (Å²) < 4.78 is 0. The van der Waals surface area contributed by atoms with Gasteiger partial charge in [-0.1, -0.05) is 0 Å². The van der Waals surface area contributed by atoms with Crippen LogP contribution in [0.1, 0.15) is 0 Å². The topological polar surface area (TPSA) is 116 Å². The van der Waals surface area contributed by atoms with E-state index in [1.54, 1.807) is 0 Å². The van der Waals surface area contributed by atoms with Gasteiger partial charge in [0.25, 0.3) is 0 Å². The van der Waals surface area contributed by atoms with Crippen molar-refractivity contribution in [3.63, 3.8) is 0 Å². The van der Waals surface area contributed by atoms with E-state index in [2.05, 4.69) is 0 Å². The first-order valence-electron chi connectivity index (χ1n) is 0.894. The van der Waals surface area contributed by atoms with Gasteiger partial charge in [-0.15, -0.1) is 0 Å².